The van der Waals surface area contributed by atoms with Gasteiger partial charge in [0.1, 0.15) is 23.4 Å². The van der Waals surface area contributed by atoms with Crippen molar-refractivity contribution in [3.8, 4) is 0 Å². The van der Waals surface area contributed by atoms with Gasteiger partial charge in [0.15, 0.2) is 35.8 Å². The second-order valence-electron chi connectivity index (χ2n) is 14.6. The van der Waals surface area contributed by atoms with Gasteiger partial charge in [0.25, 0.3) is 0 Å². The van der Waals surface area contributed by atoms with Crippen LogP contribution in [-0.4, -0.2) is 111 Å². The molecule has 2 aliphatic carbocycles. The van der Waals surface area contributed by atoms with E-state index in [2.05, 4.69) is 0 Å². The summed E-state index contributed by atoms with van der Waals surface area (Å²) in [6, 6.07) is 0. The van der Waals surface area contributed by atoms with Gasteiger partial charge in [-0.1, -0.05) is 33.8 Å². The normalized spacial score (nSPS) is 36.3. The Hall–Kier alpha value is -4.38. The predicted molar refractivity (Wildman–Crippen MR) is 172 cm³/mol. The summed E-state index contributed by atoms with van der Waals surface area (Å²) in [5.41, 5.74) is -9.58. The van der Waals surface area contributed by atoms with Gasteiger partial charge in [0.2, 0.25) is 0 Å². The average molecular weight is 741 g/mol. The Kier molecular flexibility index (Phi) is 12.4. The van der Waals surface area contributed by atoms with E-state index in [4.69, 9.17) is 33.2 Å². The lowest BCUT2D eigenvalue weighted by Crippen LogP contribution is -2.72. The third-order valence-electron chi connectivity index (χ3n) is 9.33. The largest absolute Gasteiger partial charge is 0.458 e. The Morgan fingerprint density at radius 1 is 0.750 bits per heavy atom. The smallest absolute Gasteiger partial charge is 0.308 e. The van der Waals surface area contributed by atoms with Crippen LogP contribution in [0, 0.1) is 17.3 Å². The highest BCUT2D eigenvalue weighted by molar-refractivity contribution is 5.97. The first kappa shape index (κ1) is 42.0. The summed E-state index contributed by atoms with van der Waals surface area (Å²) in [6.07, 6.45) is -10.9. The van der Waals surface area contributed by atoms with Crippen LogP contribution in [0.5, 0.6) is 0 Å². The summed E-state index contributed by atoms with van der Waals surface area (Å²) in [5.74, 6) is -11.1. The predicted octanol–water partition coefficient (Wildman–Crippen LogP) is 0.956. The fourth-order valence-corrected chi connectivity index (χ4v) is 7.23. The van der Waals surface area contributed by atoms with Crippen LogP contribution in [-0.2, 0) is 71.5 Å². The van der Waals surface area contributed by atoms with E-state index in [9.17, 15) is 48.6 Å². The Morgan fingerprint density at radius 3 is 1.79 bits per heavy atom. The molecule has 0 aromatic heterocycles. The summed E-state index contributed by atoms with van der Waals surface area (Å²) in [6.45, 7) is 11.9. The van der Waals surface area contributed by atoms with Crippen molar-refractivity contribution in [2.45, 2.75) is 142 Å². The maximum absolute atomic E-state index is 14.5. The molecule has 2 N–H and O–H groups in total. The van der Waals surface area contributed by atoms with E-state index >= 15 is 0 Å². The van der Waals surface area contributed by atoms with Crippen molar-refractivity contribution in [1.29, 1.82) is 0 Å². The Bertz CT molecular complexity index is 1510. The van der Waals surface area contributed by atoms with E-state index < -0.39 is 138 Å². The zero-order valence-electron chi connectivity index (χ0n) is 30.9. The van der Waals surface area contributed by atoms with Gasteiger partial charge in [0.05, 0.1) is 11.8 Å². The summed E-state index contributed by atoms with van der Waals surface area (Å²) in [5, 5.41) is 24.3. The second-order valence-corrected chi connectivity index (χ2v) is 14.6. The van der Waals surface area contributed by atoms with Gasteiger partial charge < -0.3 is 43.4 Å². The summed E-state index contributed by atoms with van der Waals surface area (Å²) >= 11 is 0. The highest BCUT2D eigenvalue weighted by Gasteiger charge is 2.73. The molecule has 17 heteroatoms. The number of fused-ring (bicyclic) bond motifs is 3. The van der Waals surface area contributed by atoms with E-state index in [1.807, 2.05) is 0 Å². The molecule has 0 radical (unpaired) electrons. The molecule has 2 unspecified atom stereocenters. The monoisotopic (exact) mass is 740 g/mol. The number of Topliss-reactive ketones (excluding diaryl/α,β-unsaturated/α-hetero) is 1. The molecule has 2 fully saturated rings. The quantitative estimate of drug-likeness (QED) is 0.210. The molecule has 1 aliphatic heterocycles. The number of aliphatic hydroxyl groups is 2. The summed E-state index contributed by atoms with van der Waals surface area (Å²) < 4.78 is 40.4. The van der Waals surface area contributed by atoms with Crippen LogP contribution in [0.2, 0.25) is 0 Å². The number of ether oxygens (including phenoxy) is 7. The van der Waals surface area contributed by atoms with Crippen LogP contribution < -0.4 is 0 Å². The molecule has 0 bridgehead atoms. The van der Waals surface area contributed by atoms with Crippen molar-refractivity contribution >= 4 is 47.6 Å². The number of rotatable bonds is 7. The van der Waals surface area contributed by atoms with Gasteiger partial charge in [-0.3, -0.25) is 38.4 Å². The number of hydrogen-bond acceptors (Lipinski definition) is 17. The fourth-order valence-electron chi connectivity index (χ4n) is 7.23. The zero-order chi connectivity index (χ0) is 39.7. The van der Waals surface area contributed by atoms with Crippen LogP contribution >= 0.6 is 0 Å². The molecule has 0 spiro atoms. The third-order valence-corrected chi connectivity index (χ3v) is 9.33. The van der Waals surface area contributed by atoms with Gasteiger partial charge in [-0.05, 0) is 13.0 Å². The van der Waals surface area contributed by atoms with E-state index in [1.54, 1.807) is 0 Å². The molecule has 0 aromatic carbocycles. The van der Waals surface area contributed by atoms with Gasteiger partial charge in [-0.25, -0.2) is 0 Å². The molecule has 17 nitrogen and oxygen atoms in total. The Balaban J connectivity index is 2.66. The lowest BCUT2D eigenvalue weighted by molar-refractivity contribution is -0.271. The molecule has 10 atom stereocenters. The van der Waals surface area contributed by atoms with Gasteiger partial charge in [0, 0.05) is 59.3 Å². The highest BCUT2D eigenvalue weighted by atomic mass is 16.7. The minimum Gasteiger partial charge on any atom is -0.458 e. The maximum Gasteiger partial charge on any atom is 0.308 e. The number of ketones is 1. The lowest BCUT2D eigenvalue weighted by atomic mass is 9.66. The minimum atomic E-state index is -2.91. The first-order valence-electron chi connectivity index (χ1n) is 16.8. The Labute approximate surface area is 300 Å². The number of hydrogen-bond donors (Lipinski definition) is 2. The van der Waals surface area contributed by atoms with Gasteiger partial charge in [-0.15, -0.1) is 0 Å². The molecular weight excluding hydrogens is 692 g/mol. The molecule has 0 amide bonds. The fraction of sp³-hybridized carbons (Fsp3) is 0.714. The summed E-state index contributed by atoms with van der Waals surface area (Å²) in [7, 11) is 0. The molecule has 3 rings (SSSR count). The van der Waals surface area contributed by atoms with Crippen LogP contribution in [0.4, 0.5) is 0 Å². The SMILES string of the molecule is CC(=O)O[C@@H]1[C@H](OC(C)=O)C(C)(C)/C=C\[C@](C)(O)C(=O)[C@]2(O)C[C@@H](OC(C)=O)[C@@H](OC(C)=O)C2C2OC(=O)CC[C@]2(OC(C)=O)[C@H]1OC(=O)C(C)C. The second kappa shape index (κ2) is 15.3. The van der Waals surface area contributed by atoms with Crippen LogP contribution in [0.25, 0.3) is 0 Å². The van der Waals surface area contributed by atoms with Crippen molar-refractivity contribution < 1.29 is 81.7 Å². The summed E-state index contributed by atoms with van der Waals surface area (Å²) in [4.78, 5) is 105. The number of carbonyl (C=O) groups is 8. The minimum absolute atomic E-state index is 0.545. The first-order valence-corrected chi connectivity index (χ1v) is 16.8. The highest BCUT2D eigenvalue weighted by Crippen LogP contribution is 2.53. The van der Waals surface area contributed by atoms with Crippen molar-refractivity contribution in [3.05, 3.63) is 12.2 Å². The molecule has 0 aromatic rings. The van der Waals surface area contributed by atoms with Gasteiger partial charge >= 0.3 is 41.8 Å². The van der Waals surface area contributed by atoms with E-state index in [0.717, 1.165) is 47.6 Å². The maximum atomic E-state index is 14.5. The molecule has 52 heavy (non-hydrogen) atoms. The number of esters is 7. The van der Waals surface area contributed by atoms with Crippen LogP contribution in [0.1, 0.15) is 88.5 Å². The van der Waals surface area contributed by atoms with Crippen molar-refractivity contribution in [2.75, 3.05) is 0 Å². The molecular formula is C35H48O17. The van der Waals surface area contributed by atoms with Crippen LogP contribution in [0.3, 0.4) is 0 Å². The number of carbonyl (C=O) groups excluding carboxylic acids is 8. The van der Waals surface area contributed by atoms with E-state index in [1.165, 1.54) is 33.8 Å². The average Bonchev–Trinajstić information content (AvgIpc) is 3.25. The van der Waals surface area contributed by atoms with E-state index in [-0.39, 0.29) is 0 Å². The molecule has 1 saturated heterocycles. The standard InChI is InChI=1S/C35H48O17/c1-16(2)30(42)51-29-26(48-19(5)38)28(49-20(6)39)32(8,9)13-14-33(10,44)31(43)34(45)15-22(46-17(3)36)25(47-18(4)37)24(34)27-35(29,52-21(7)40)12-11-23(41)50-27/h13-14,16,22,24-29,44-45H,11-12,15H2,1-10H3/b14-13-/t22-,24?,25-,26-,27?,28+,29+,33+,34+,35-/m1/s1. The first-order chi connectivity index (χ1) is 23.8. The van der Waals surface area contributed by atoms with Crippen LogP contribution in [0.15, 0.2) is 12.2 Å². The molecule has 290 valence electrons. The Morgan fingerprint density at radius 2 is 1.29 bits per heavy atom. The van der Waals surface area contributed by atoms with Crippen molar-refractivity contribution in [1.82, 2.24) is 0 Å². The van der Waals surface area contributed by atoms with Gasteiger partial charge in [-0.2, -0.15) is 0 Å². The molecule has 3 aliphatic rings. The third kappa shape index (κ3) is 8.62. The van der Waals surface area contributed by atoms with Crippen molar-refractivity contribution in [3.63, 3.8) is 0 Å². The topological polar surface area (TPSA) is 242 Å². The van der Waals surface area contributed by atoms with Crippen molar-refractivity contribution in [2.24, 2.45) is 17.3 Å². The molecule has 1 heterocycles. The zero-order valence-corrected chi connectivity index (χ0v) is 30.9. The molecule has 1 saturated carbocycles. The lowest BCUT2D eigenvalue weighted by Gasteiger charge is -2.53. The van der Waals surface area contributed by atoms with E-state index in [0.29, 0.717) is 0 Å².